The third-order valence-corrected chi connectivity index (χ3v) is 4.84. The van der Waals surface area contributed by atoms with Crippen molar-refractivity contribution in [2.45, 2.75) is 5.16 Å². The van der Waals surface area contributed by atoms with Crippen molar-refractivity contribution in [2.24, 2.45) is 0 Å². The van der Waals surface area contributed by atoms with E-state index in [1.54, 1.807) is 0 Å². The molecule has 0 unspecified atom stereocenters. The predicted molar refractivity (Wildman–Crippen MR) is 104 cm³/mol. The zero-order chi connectivity index (χ0) is 17.6. The van der Waals surface area contributed by atoms with Gasteiger partial charge in [-0.25, -0.2) is 4.98 Å². The molecule has 5 nitrogen and oxygen atoms in total. The second-order valence-electron chi connectivity index (χ2n) is 5.12. The van der Waals surface area contributed by atoms with Crippen LogP contribution in [0, 0.1) is 0 Å². The van der Waals surface area contributed by atoms with E-state index < -0.39 is 0 Å². The van der Waals surface area contributed by atoms with Crippen molar-refractivity contribution in [3.63, 3.8) is 0 Å². The Morgan fingerprint density at radius 2 is 1.84 bits per heavy atom. The minimum absolute atomic E-state index is 0.141. The van der Waals surface area contributed by atoms with Crippen LogP contribution >= 0.6 is 27.7 Å². The third-order valence-electron chi connectivity index (χ3n) is 3.28. The number of aromatic amines is 1. The molecule has 0 aliphatic heterocycles. The van der Waals surface area contributed by atoms with E-state index in [4.69, 9.17) is 0 Å². The molecule has 2 aromatic carbocycles. The fourth-order valence-electron chi connectivity index (χ4n) is 2.14. The first kappa shape index (κ1) is 17.4. The van der Waals surface area contributed by atoms with E-state index in [1.807, 2.05) is 54.6 Å². The van der Waals surface area contributed by atoms with Gasteiger partial charge >= 0.3 is 0 Å². The molecule has 0 aliphatic carbocycles. The second kappa shape index (κ2) is 8.13. The number of carbonyl (C=O) groups is 1. The number of H-pyrrole nitrogens is 1. The van der Waals surface area contributed by atoms with Crippen molar-refractivity contribution in [2.75, 3.05) is 11.1 Å². The number of benzene rings is 2. The van der Waals surface area contributed by atoms with Crippen molar-refractivity contribution in [3.8, 4) is 11.3 Å². The highest BCUT2D eigenvalue weighted by atomic mass is 79.9. The van der Waals surface area contributed by atoms with Crippen LogP contribution in [0.25, 0.3) is 11.3 Å². The number of amides is 1. The number of para-hydroxylation sites is 1. The van der Waals surface area contributed by atoms with Crippen molar-refractivity contribution < 1.29 is 4.79 Å². The summed E-state index contributed by atoms with van der Waals surface area (Å²) in [6.45, 7) is 0. The number of hydrogen-bond donors (Lipinski definition) is 2. The summed E-state index contributed by atoms with van der Waals surface area (Å²) < 4.78 is 0.811. The number of anilines is 1. The van der Waals surface area contributed by atoms with Crippen molar-refractivity contribution in [1.82, 2.24) is 9.97 Å². The Kier molecular flexibility index (Phi) is 5.67. The van der Waals surface area contributed by atoms with Gasteiger partial charge in [-0.2, -0.15) is 0 Å². The predicted octanol–water partition coefficient (Wildman–Crippen LogP) is 3.93. The molecular formula is C18H14BrN3O2S. The van der Waals surface area contributed by atoms with Crippen molar-refractivity contribution >= 4 is 39.3 Å². The molecule has 3 aromatic rings. The standard InChI is InChI=1S/C18H14BrN3O2S/c19-13-8-4-5-9-14(13)20-17(24)11-25-18-21-15(10-16(23)22-18)12-6-2-1-3-7-12/h1-10H,11H2,(H,20,24)(H,21,22,23). The van der Waals surface area contributed by atoms with Crippen LogP contribution in [0.2, 0.25) is 0 Å². The Morgan fingerprint density at radius 3 is 2.60 bits per heavy atom. The van der Waals surface area contributed by atoms with Gasteiger partial charge in [0.2, 0.25) is 5.91 Å². The first-order valence-electron chi connectivity index (χ1n) is 7.46. The summed E-state index contributed by atoms with van der Waals surface area (Å²) in [6.07, 6.45) is 0. The van der Waals surface area contributed by atoms with E-state index in [9.17, 15) is 9.59 Å². The Balaban J connectivity index is 1.69. The van der Waals surface area contributed by atoms with Gasteiger partial charge in [0.05, 0.1) is 17.1 Å². The largest absolute Gasteiger partial charge is 0.324 e. The molecule has 25 heavy (non-hydrogen) atoms. The highest BCUT2D eigenvalue weighted by Gasteiger charge is 2.09. The van der Waals surface area contributed by atoms with E-state index in [0.717, 1.165) is 10.0 Å². The fourth-order valence-corrected chi connectivity index (χ4v) is 3.20. The number of rotatable bonds is 5. The van der Waals surface area contributed by atoms with E-state index in [0.29, 0.717) is 16.5 Å². The van der Waals surface area contributed by atoms with Crippen molar-refractivity contribution in [3.05, 3.63) is 75.5 Å². The van der Waals surface area contributed by atoms with Crippen molar-refractivity contribution in [1.29, 1.82) is 0 Å². The van der Waals surface area contributed by atoms with Crippen LogP contribution in [0.5, 0.6) is 0 Å². The van der Waals surface area contributed by atoms with Gasteiger partial charge in [-0.05, 0) is 28.1 Å². The van der Waals surface area contributed by atoms with Crippen LogP contribution in [0.1, 0.15) is 0 Å². The van der Waals surface area contributed by atoms with Gasteiger partial charge < -0.3 is 10.3 Å². The smallest absolute Gasteiger partial charge is 0.252 e. The molecule has 1 aromatic heterocycles. The summed E-state index contributed by atoms with van der Waals surface area (Å²) in [5, 5.41) is 3.23. The van der Waals surface area contributed by atoms with E-state index in [2.05, 4.69) is 31.2 Å². The van der Waals surface area contributed by atoms with Crippen LogP contribution in [-0.2, 0) is 4.79 Å². The van der Waals surface area contributed by atoms with Gasteiger partial charge in [-0.3, -0.25) is 9.59 Å². The van der Waals surface area contributed by atoms with Gasteiger partial charge in [0.15, 0.2) is 5.16 Å². The molecule has 0 radical (unpaired) electrons. The number of thioether (sulfide) groups is 1. The highest BCUT2D eigenvalue weighted by molar-refractivity contribution is 9.10. The molecule has 3 rings (SSSR count). The lowest BCUT2D eigenvalue weighted by Crippen LogP contribution is -2.15. The van der Waals surface area contributed by atoms with Gasteiger partial charge in [-0.1, -0.05) is 54.2 Å². The number of nitrogens with zero attached hydrogens (tertiary/aromatic N) is 1. The maximum absolute atomic E-state index is 12.1. The molecule has 1 amide bonds. The number of halogens is 1. The summed E-state index contributed by atoms with van der Waals surface area (Å²) in [5.74, 6) is -0.0349. The molecule has 0 saturated carbocycles. The van der Waals surface area contributed by atoms with Crippen LogP contribution in [0.4, 0.5) is 5.69 Å². The highest BCUT2D eigenvalue weighted by Crippen LogP contribution is 2.22. The molecule has 0 fully saturated rings. The topological polar surface area (TPSA) is 74.8 Å². The van der Waals surface area contributed by atoms with Crippen LogP contribution in [0.3, 0.4) is 0 Å². The first-order valence-corrected chi connectivity index (χ1v) is 9.23. The monoisotopic (exact) mass is 415 g/mol. The Hall–Kier alpha value is -2.38. The van der Waals surface area contributed by atoms with Crippen LogP contribution < -0.4 is 10.9 Å². The zero-order valence-electron chi connectivity index (χ0n) is 13.0. The van der Waals surface area contributed by atoms with Gasteiger partial charge in [-0.15, -0.1) is 0 Å². The van der Waals surface area contributed by atoms with Gasteiger partial charge in [0.25, 0.3) is 5.56 Å². The summed E-state index contributed by atoms with van der Waals surface area (Å²) in [6, 6.07) is 18.3. The zero-order valence-corrected chi connectivity index (χ0v) is 15.4. The Labute approximate surface area is 157 Å². The number of carbonyl (C=O) groups excluding carboxylic acids is 1. The third kappa shape index (κ3) is 4.80. The molecule has 126 valence electrons. The average molecular weight is 416 g/mol. The molecule has 0 atom stereocenters. The fraction of sp³-hybridized carbons (Fsp3) is 0.0556. The van der Waals surface area contributed by atoms with Gasteiger partial charge in [0, 0.05) is 16.1 Å². The number of nitrogens with one attached hydrogen (secondary N) is 2. The maximum Gasteiger partial charge on any atom is 0.252 e. The Morgan fingerprint density at radius 1 is 1.12 bits per heavy atom. The molecule has 0 spiro atoms. The van der Waals surface area contributed by atoms with E-state index >= 15 is 0 Å². The normalized spacial score (nSPS) is 10.4. The molecule has 2 N–H and O–H groups in total. The van der Waals surface area contributed by atoms with E-state index in [1.165, 1.54) is 17.8 Å². The molecule has 0 bridgehead atoms. The molecule has 7 heteroatoms. The first-order chi connectivity index (χ1) is 12.1. The minimum Gasteiger partial charge on any atom is -0.324 e. The van der Waals surface area contributed by atoms with E-state index in [-0.39, 0.29) is 17.2 Å². The molecule has 1 heterocycles. The molecular weight excluding hydrogens is 402 g/mol. The molecule has 0 aliphatic rings. The Bertz CT molecular complexity index is 944. The SMILES string of the molecule is O=C(CSc1nc(-c2ccccc2)cc(=O)[nH]1)Nc1ccccc1Br. The van der Waals surface area contributed by atoms with Crippen LogP contribution in [-0.4, -0.2) is 21.6 Å². The number of hydrogen-bond acceptors (Lipinski definition) is 4. The lowest BCUT2D eigenvalue weighted by atomic mass is 10.1. The lowest BCUT2D eigenvalue weighted by Gasteiger charge is -2.07. The van der Waals surface area contributed by atoms with Crippen LogP contribution in [0.15, 0.2) is 75.1 Å². The summed E-state index contributed by atoms with van der Waals surface area (Å²) in [4.78, 5) is 31.0. The minimum atomic E-state index is -0.248. The lowest BCUT2D eigenvalue weighted by molar-refractivity contribution is -0.113. The van der Waals surface area contributed by atoms with Gasteiger partial charge in [0.1, 0.15) is 0 Å². The average Bonchev–Trinajstić information content (AvgIpc) is 2.62. The summed E-state index contributed by atoms with van der Waals surface area (Å²) in [5.41, 5.74) is 1.89. The maximum atomic E-state index is 12.1. The summed E-state index contributed by atoms with van der Waals surface area (Å²) >= 11 is 4.57. The number of aromatic nitrogens is 2. The second-order valence-corrected chi connectivity index (χ2v) is 6.94. The molecule has 0 saturated heterocycles. The summed E-state index contributed by atoms with van der Waals surface area (Å²) in [7, 11) is 0. The quantitative estimate of drug-likeness (QED) is 0.488.